The number of hydrogen-bond acceptors (Lipinski definition) is 7. The van der Waals surface area contributed by atoms with E-state index in [0.29, 0.717) is 13.1 Å². The SMILES string of the molecule is NS(=O)(=O)c1cccc(NC(=O)COC(=O)c2ccc(S(=O)(=O)N3CCCCCC3)cc2)c1. The Morgan fingerprint density at radius 1 is 0.909 bits per heavy atom. The molecule has 178 valence electrons. The average Bonchev–Trinajstić information content (AvgIpc) is 3.07. The highest BCUT2D eigenvalue weighted by atomic mass is 32.2. The molecular weight excluding hydrogens is 470 g/mol. The Morgan fingerprint density at radius 2 is 1.55 bits per heavy atom. The van der Waals surface area contributed by atoms with Gasteiger partial charge < -0.3 is 10.1 Å². The van der Waals surface area contributed by atoms with Crippen LogP contribution in [-0.2, 0) is 29.6 Å². The lowest BCUT2D eigenvalue weighted by atomic mass is 10.2. The Morgan fingerprint density at radius 3 is 2.15 bits per heavy atom. The third-order valence-corrected chi connectivity index (χ3v) is 7.90. The van der Waals surface area contributed by atoms with E-state index in [0.717, 1.165) is 25.7 Å². The van der Waals surface area contributed by atoms with Crippen molar-refractivity contribution in [2.75, 3.05) is 25.0 Å². The molecule has 1 amide bonds. The zero-order valence-corrected chi connectivity index (χ0v) is 19.4. The van der Waals surface area contributed by atoms with E-state index in [1.54, 1.807) is 0 Å². The van der Waals surface area contributed by atoms with Gasteiger partial charge in [0.25, 0.3) is 5.91 Å². The van der Waals surface area contributed by atoms with Crippen LogP contribution in [0.5, 0.6) is 0 Å². The molecule has 0 unspecified atom stereocenters. The van der Waals surface area contributed by atoms with Crippen molar-refractivity contribution >= 4 is 37.6 Å². The van der Waals surface area contributed by atoms with Crippen LogP contribution in [0.4, 0.5) is 5.69 Å². The van der Waals surface area contributed by atoms with Gasteiger partial charge in [-0.05, 0) is 55.3 Å². The molecule has 10 nitrogen and oxygen atoms in total. The first-order valence-electron chi connectivity index (χ1n) is 10.3. The Kier molecular flexibility index (Phi) is 7.84. The Balaban J connectivity index is 1.58. The highest BCUT2D eigenvalue weighted by Gasteiger charge is 2.25. The highest BCUT2D eigenvalue weighted by Crippen LogP contribution is 2.21. The number of esters is 1. The Bertz CT molecular complexity index is 1220. The number of nitrogens with one attached hydrogen (secondary N) is 1. The Labute approximate surface area is 192 Å². The highest BCUT2D eigenvalue weighted by molar-refractivity contribution is 7.89. The second-order valence-electron chi connectivity index (χ2n) is 7.54. The molecule has 0 spiro atoms. The van der Waals surface area contributed by atoms with Crippen LogP contribution < -0.4 is 10.5 Å². The summed E-state index contributed by atoms with van der Waals surface area (Å²) in [5.74, 6) is -1.49. The fraction of sp³-hybridized carbons (Fsp3) is 0.333. The molecule has 0 radical (unpaired) electrons. The minimum absolute atomic E-state index is 0.0911. The molecule has 12 heteroatoms. The van der Waals surface area contributed by atoms with Gasteiger partial charge in [-0.3, -0.25) is 4.79 Å². The second kappa shape index (κ2) is 10.4. The van der Waals surface area contributed by atoms with Gasteiger partial charge in [0, 0.05) is 18.8 Å². The number of sulfonamides is 2. The van der Waals surface area contributed by atoms with Crippen molar-refractivity contribution in [2.24, 2.45) is 5.14 Å². The smallest absolute Gasteiger partial charge is 0.338 e. The third-order valence-electron chi connectivity index (χ3n) is 5.07. The summed E-state index contributed by atoms with van der Waals surface area (Å²) in [6.45, 7) is 0.328. The van der Waals surface area contributed by atoms with E-state index in [1.807, 2.05) is 0 Å². The van der Waals surface area contributed by atoms with Crippen LogP contribution in [0.1, 0.15) is 36.0 Å². The number of hydrogen-bond donors (Lipinski definition) is 2. The maximum Gasteiger partial charge on any atom is 0.338 e. The first-order chi connectivity index (χ1) is 15.6. The minimum Gasteiger partial charge on any atom is -0.452 e. The van der Waals surface area contributed by atoms with Crippen LogP contribution in [0.2, 0.25) is 0 Å². The fourth-order valence-corrected chi connectivity index (χ4v) is 5.43. The van der Waals surface area contributed by atoms with Gasteiger partial charge in [-0.2, -0.15) is 4.31 Å². The van der Waals surface area contributed by atoms with Crippen molar-refractivity contribution < 1.29 is 31.2 Å². The topological polar surface area (TPSA) is 153 Å². The van der Waals surface area contributed by atoms with Crippen molar-refractivity contribution in [3.8, 4) is 0 Å². The van der Waals surface area contributed by atoms with Gasteiger partial charge in [-0.25, -0.2) is 26.8 Å². The third kappa shape index (κ3) is 6.60. The lowest BCUT2D eigenvalue weighted by molar-refractivity contribution is -0.119. The molecule has 1 aliphatic heterocycles. The maximum atomic E-state index is 12.8. The summed E-state index contributed by atoms with van der Waals surface area (Å²) < 4.78 is 54.8. The molecular formula is C21H25N3O7S2. The van der Waals surface area contributed by atoms with Gasteiger partial charge in [0.2, 0.25) is 20.0 Å². The molecule has 1 heterocycles. The number of nitrogens with zero attached hydrogens (tertiary/aromatic N) is 1. The summed E-state index contributed by atoms with van der Waals surface area (Å²) >= 11 is 0. The average molecular weight is 496 g/mol. The van der Waals surface area contributed by atoms with Gasteiger partial charge in [0.1, 0.15) is 0 Å². The molecule has 0 atom stereocenters. The van der Waals surface area contributed by atoms with E-state index in [-0.39, 0.29) is 21.0 Å². The molecule has 2 aromatic rings. The predicted octanol–water partition coefficient (Wildman–Crippen LogP) is 1.69. The lowest BCUT2D eigenvalue weighted by Gasteiger charge is -2.19. The number of anilines is 1. The van der Waals surface area contributed by atoms with Crippen molar-refractivity contribution in [1.82, 2.24) is 4.31 Å². The van der Waals surface area contributed by atoms with E-state index in [4.69, 9.17) is 9.88 Å². The number of rotatable bonds is 7. The molecule has 0 aromatic heterocycles. The van der Waals surface area contributed by atoms with Gasteiger partial charge in [0.05, 0.1) is 15.4 Å². The van der Waals surface area contributed by atoms with Crippen molar-refractivity contribution in [1.29, 1.82) is 0 Å². The lowest BCUT2D eigenvalue weighted by Crippen LogP contribution is -2.31. The number of ether oxygens (including phenoxy) is 1. The normalized spacial score (nSPS) is 15.4. The molecule has 1 aliphatic rings. The van der Waals surface area contributed by atoms with Gasteiger partial charge in [-0.15, -0.1) is 0 Å². The monoisotopic (exact) mass is 495 g/mol. The molecule has 33 heavy (non-hydrogen) atoms. The van der Waals surface area contributed by atoms with Crippen molar-refractivity contribution in [3.63, 3.8) is 0 Å². The van der Waals surface area contributed by atoms with Gasteiger partial charge >= 0.3 is 5.97 Å². The fourth-order valence-electron chi connectivity index (χ4n) is 3.36. The van der Waals surface area contributed by atoms with Crippen LogP contribution in [0.15, 0.2) is 58.3 Å². The number of primary sulfonamides is 1. The number of carbonyl (C=O) groups is 2. The second-order valence-corrected chi connectivity index (χ2v) is 11.0. The van der Waals surface area contributed by atoms with Crippen LogP contribution in [0.25, 0.3) is 0 Å². The summed E-state index contributed by atoms with van der Waals surface area (Å²) in [4.78, 5) is 24.2. The van der Waals surface area contributed by atoms with E-state index >= 15 is 0 Å². The largest absolute Gasteiger partial charge is 0.452 e. The molecule has 3 N–H and O–H groups in total. The van der Waals surface area contributed by atoms with Crippen LogP contribution in [-0.4, -0.2) is 52.7 Å². The van der Waals surface area contributed by atoms with E-state index in [9.17, 15) is 26.4 Å². The molecule has 0 aliphatic carbocycles. The summed E-state index contributed by atoms with van der Waals surface area (Å²) in [5.41, 5.74) is 0.263. The number of amides is 1. The van der Waals surface area contributed by atoms with Crippen molar-refractivity contribution in [2.45, 2.75) is 35.5 Å². The quantitative estimate of drug-likeness (QED) is 0.554. The van der Waals surface area contributed by atoms with Crippen LogP contribution >= 0.6 is 0 Å². The number of nitrogens with two attached hydrogens (primary N) is 1. The van der Waals surface area contributed by atoms with E-state index in [1.165, 1.54) is 52.8 Å². The molecule has 0 saturated carbocycles. The zero-order chi connectivity index (χ0) is 24.1. The Hall–Kier alpha value is -2.80. The summed E-state index contributed by atoms with van der Waals surface area (Å²) in [5, 5.41) is 7.47. The minimum atomic E-state index is -3.93. The summed E-state index contributed by atoms with van der Waals surface area (Å²) in [6.07, 6.45) is 3.64. The molecule has 1 fully saturated rings. The molecule has 3 rings (SSSR count). The number of carbonyl (C=O) groups excluding carboxylic acids is 2. The first kappa shape index (κ1) is 24.8. The van der Waals surface area contributed by atoms with Crippen LogP contribution in [0.3, 0.4) is 0 Å². The molecule has 0 bridgehead atoms. The van der Waals surface area contributed by atoms with Gasteiger partial charge in [0.15, 0.2) is 6.61 Å². The maximum absolute atomic E-state index is 12.8. The van der Waals surface area contributed by atoms with Gasteiger partial charge in [-0.1, -0.05) is 18.9 Å². The van der Waals surface area contributed by atoms with Crippen LogP contribution in [0, 0.1) is 0 Å². The zero-order valence-electron chi connectivity index (χ0n) is 17.8. The number of benzene rings is 2. The van der Waals surface area contributed by atoms with Crippen molar-refractivity contribution in [3.05, 3.63) is 54.1 Å². The first-order valence-corrected chi connectivity index (χ1v) is 13.3. The standard InChI is InChI=1S/C21H25N3O7S2/c22-32(27,28)19-7-5-6-17(14-19)23-20(25)15-31-21(26)16-8-10-18(11-9-16)33(29,30)24-12-3-1-2-4-13-24/h5-11,14H,1-4,12-13,15H2,(H,23,25)(H2,22,27,28). The summed E-state index contributed by atoms with van der Waals surface area (Å²) in [6, 6.07) is 10.7. The van der Waals surface area contributed by atoms with E-state index < -0.39 is 38.5 Å². The molecule has 2 aromatic carbocycles. The molecule has 1 saturated heterocycles. The van der Waals surface area contributed by atoms with E-state index in [2.05, 4.69) is 5.32 Å². The predicted molar refractivity (Wildman–Crippen MR) is 120 cm³/mol. The summed E-state index contributed by atoms with van der Waals surface area (Å²) in [7, 11) is -7.57.